The minimum absolute atomic E-state index is 0.000000000000000222. The summed E-state index contributed by atoms with van der Waals surface area (Å²) in [6, 6.07) is -0.000000000000000222. The van der Waals surface area contributed by atoms with Crippen molar-refractivity contribution in [3.05, 3.63) is 0 Å². The van der Waals surface area contributed by atoms with Gasteiger partial charge in [0.1, 0.15) is 6.23 Å². The molecular weight excluding hydrogens is 130 g/mol. The maximum atomic E-state index is 9.09. The maximum absolute atomic E-state index is 9.09. The molecule has 3 nitrogen and oxygen atoms in total. The van der Waals surface area contributed by atoms with Crippen LogP contribution in [0.3, 0.4) is 0 Å². The van der Waals surface area contributed by atoms with E-state index < -0.39 is 12.3 Å². The molecular formula is C7H17NO2. The van der Waals surface area contributed by atoms with Crippen molar-refractivity contribution in [3.8, 4) is 0 Å². The third kappa shape index (κ3) is 3.82. The highest BCUT2D eigenvalue weighted by atomic mass is 16.3. The Bertz CT molecular complexity index is 83.7. The molecule has 0 aromatic rings. The first-order chi connectivity index (χ1) is 4.57. The molecule has 0 heterocycles. The van der Waals surface area contributed by atoms with Gasteiger partial charge in [0, 0.05) is 6.04 Å². The number of hydrogen-bond acceptors (Lipinski definition) is 3. The van der Waals surface area contributed by atoms with Crippen molar-refractivity contribution in [1.29, 1.82) is 0 Å². The number of rotatable bonds is 4. The molecule has 3 atom stereocenters. The van der Waals surface area contributed by atoms with Crippen LogP contribution in [0.1, 0.15) is 27.2 Å². The van der Waals surface area contributed by atoms with Crippen molar-refractivity contribution in [2.75, 3.05) is 0 Å². The molecule has 10 heavy (non-hydrogen) atoms. The highest BCUT2D eigenvalue weighted by Crippen LogP contribution is 1.97. The van der Waals surface area contributed by atoms with Gasteiger partial charge < -0.3 is 10.2 Å². The molecule has 62 valence electrons. The third-order valence-corrected chi connectivity index (χ3v) is 1.48. The van der Waals surface area contributed by atoms with E-state index in [1.54, 1.807) is 13.8 Å². The molecule has 0 aliphatic rings. The Labute approximate surface area is 62.1 Å². The van der Waals surface area contributed by atoms with E-state index in [-0.39, 0.29) is 6.04 Å². The van der Waals surface area contributed by atoms with Crippen LogP contribution in [0.2, 0.25) is 0 Å². The average Bonchev–Trinajstić information content (AvgIpc) is 1.81. The van der Waals surface area contributed by atoms with Crippen molar-refractivity contribution in [2.24, 2.45) is 0 Å². The molecule has 0 amide bonds. The average molecular weight is 147 g/mol. The lowest BCUT2D eigenvalue weighted by molar-refractivity contribution is 0.0815. The second-order valence-corrected chi connectivity index (χ2v) is 2.60. The first kappa shape index (κ1) is 9.88. The van der Waals surface area contributed by atoms with Gasteiger partial charge in [0.25, 0.3) is 0 Å². The van der Waals surface area contributed by atoms with Crippen LogP contribution in [0, 0.1) is 0 Å². The predicted octanol–water partition coefficient (Wildman–Crippen LogP) is 0.0737. The SMILES string of the molecule is CCC(NC(C)O)C(C)O. The zero-order chi connectivity index (χ0) is 8.15. The Morgan fingerprint density at radius 2 is 1.80 bits per heavy atom. The zero-order valence-corrected chi connectivity index (χ0v) is 6.83. The summed E-state index contributed by atoms with van der Waals surface area (Å²) in [7, 11) is 0. The number of aliphatic hydroxyl groups excluding tert-OH is 2. The van der Waals surface area contributed by atoms with E-state index in [4.69, 9.17) is 10.2 Å². The van der Waals surface area contributed by atoms with E-state index in [0.29, 0.717) is 0 Å². The second-order valence-electron chi connectivity index (χ2n) is 2.60. The Balaban J connectivity index is 3.60. The van der Waals surface area contributed by atoms with Gasteiger partial charge in [0.15, 0.2) is 0 Å². The fourth-order valence-corrected chi connectivity index (χ4v) is 0.908. The predicted molar refractivity (Wildman–Crippen MR) is 40.6 cm³/mol. The van der Waals surface area contributed by atoms with E-state index in [0.717, 1.165) is 6.42 Å². The van der Waals surface area contributed by atoms with Crippen molar-refractivity contribution in [3.63, 3.8) is 0 Å². The van der Waals surface area contributed by atoms with E-state index in [1.165, 1.54) is 0 Å². The smallest absolute Gasteiger partial charge is 0.102 e. The van der Waals surface area contributed by atoms with Crippen LogP contribution >= 0.6 is 0 Å². The molecule has 0 radical (unpaired) electrons. The number of nitrogens with one attached hydrogen (secondary N) is 1. The minimum atomic E-state index is -0.542. The topological polar surface area (TPSA) is 52.5 Å². The van der Waals surface area contributed by atoms with Crippen LogP contribution in [0.15, 0.2) is 0 Å². The molecule has 0 saturated carbocycles. The molecule has 0 fully saturated rings. The lowest BCUT2D eigenvalue weighted by Gasteiger charge is -2.21. The zero-order valence-electron chi connectivity index (χ0n) is 6.83. The van der Waals surface area contributed by atoms with E-state index in [2.05, 4.69) is 5.32 Å². The van der Waals surface area contributed by atoms with Gasteiger partial charge >= 0.3 is 0 Å². The monoisotopic (exact) mass is 147 g/mol. The Morgan fingerprint density at radius 1 is 1.30 bits per heavy atom. The van der Waals surface area contributed by atoms with Gasteiger partial charge in [-0.2, -0.15) is 0 Å². The van der Waals surface area contributed by atoms with Gasteiger partial charge in [-0.1, -0.05) is 6.92 Å². The molecule has 3 heteroatoms. The van der Waals surface area contributed by atoms with Crippen molar-refractivity contribution < 1.29 is 10.2 Å². The van der Waals surface area contributed by atoms with Crippen LogP contribution in [0.4, 0.5) is 0 Å². The van der Waals surface area contributed by atoms with E-state index in [9.17, 15) is 0 Å². The van der Waals surface area contributed by atoms with Crippen molar-refractivity contribution in [1.82, 2.24) is 5.32 Å². The lowest BCUT2D eigenvalue weighted by Crippen LogP contribution is -2.42. The summed E-state index contributed by atoms with van der Waals surface area (Å²) >= 11 is 0. The molecule has 0 aliphatic heterocycles. The lowest BCUT2D eigenvalue weighted by atomic mass is 10.1. The Hall–Kier alpha value is -0.120. The van der Waals surface area contributed by atoms with E-state index >= 15 is 0 Å². The fourth-order valence-electron chi connectivity index (χ4n) is 0.908. The Morgan fingerprint density at radius 3 is 1.90 bits per heavy atom. The summed E-state index contributed by atoms with van der Waals surface area (Å²) in [5, 5.41) is 20.8. The maximum Gasteiger partial charge on any atom is 0.102 e. The Kier molecular flexibility index (Phi) is 4.60. The summed E-state index contributed by atoms with van der Waals surface area (Å²) in [6.07, 6.45) is -0.123. The first-order valence-corrected chi connectivity index (χ1v) is 3.70. The van der Waals surface area contributed by atoms with Crippen LogP contribution in [0.5, 0.6) is 0 Å². The summed E-state index contributed by atoms with van der Waals surface area (Å²) in [6.45, 7) is 5.32. The minimum Gasteiger partial charge on any atom is -0.392 e. The standard InChI is InChI=1S/C7H17NO2/c1-4-7(5(2)9)8-6(3)10/h5-10H,4H2,1-3H3. The normalized spacial score (nSPS) is 20.1. The molecule has 0 rings (SSSR count). The van der Waals surface area contributed by atoms with Gasteiger partial charge in [-0.3, -0.25) is 5.32 Å². The highest BCUT2D eigenvalue weighted by molar-refractivity contribution is 4.70. The van der Waals surface area contributed by atoms with Gasteiger partial charge in [-0.05, 0) is 20.3 Å². The van der Waals surface area contributed by atoms with Crippen molar-refractivity contribution in [2.45, 2.75) is 45.6 Å². The van der Waals surface area contributed by atoms with Crippen molar-refractivity contribution >= 4 is 0 Å². The van der Waals surface area contributed by atoms with Gasteiger partial charge in [0.05, 0.1) is 6.10 Å². The first-order valence-electron chi connectivity index (χ1n) is 3.70. The van der Waals surface area contributed by atoms with Crippen LogP contribution in [-0.2, 0) is 0 Å². The third-order valence-electron chi connectivity index (χ3n) is 1.48. The largest absolute Gasteiger partial charge is 0.392 e. The molecule has 3 N–H and O–H groups in total. The quantitative estimate of drug-likeness (QED) is 0.493. The highest BCUT2D eigenvalue weighted by Gasteiger charge is 2.12. The van der Waals surface area contributed by atoms with Crippen LogP contribution < -0.4 is 5.32 Å². The molecule has 0 aromatic heterocycles. The molecule has 0 aliphatic carbocycles. The fraction of sp³-hybridized carbons (Fsp3) is 1.00. The summed E-state index contributed by atoms with van der Waals surface area (Å²) < 4.78 is 0. The van der Waals surface area contributed by atoms with Crippen LogP contribution in [0.25, 0.3) is 0 Å². The number of hydrogen-bond donors (Lipinski definition) is 3. The molecule has 0 aromatic carbocycles. The molecule has 0 bridgehead atoms. The van der Waals surface area contributed by atoms with Gasteiger partial charge in [-0.15, -0.1) is 0 Å². The molecule has 3 unspecified atom stereocenters. The summed E-state index contributed by atoms with van der Waals surface area (Å²) in [5.41, 5.74) is 0. The van der Waals surface area contributed by atoms with Gasteiger partial charge in [-0.25, -0.2) is 0 Å². The summed E-state index contributed by atoms with van der Waals surface area (Å²) in [5.74, 6) is 0. The summed E-state index contributed by atoms with van der Waals surface area (Å²) in [4.78, 5) is 0. The molecule has 0 saturated heterocycles. The van der Waals surface area contributed by atoms with Gasteiger partial charge in [0.2, 0.25) is 0 Å². The second kappa shape index (κ2) is 4.66. The number of aliphatic hydroxyl groups is 2. The van der Waals surface area contributed by atoms with Crippen LogP contribution in [-0.4, -0.2) is 28.6 Å². The molecule has 0 spiro atoms. The van der Waals surface area contributed by atoms with E-state index in [1.807, 2.05) is 6.92 Å².